The highest BCUT2D eigenvalue weighted by atomic mass is 15.3. The summed E-state index contributed by atoms with van der Waals surface area (Å²) < 4.78 is 4.24. The Labute approximate surface area is 181 Å². The third-order valence-electron chi connectivity index (χ3n) is 6.24. The Bertz CT molecular complexity index is 1230. The molecule has 160 valence electrons. The molecule has 1 aliphatic heterocycles. The predicted molar refractivity (Wildman–Crippen MR) is 123 cm³/mol. The molecule has 0 aliphatic carbocycles. The van der Waals surface area contributed by atoms with Gasteiger partial charge in [-0.1, -0.05) is 12.1 Å². The van der Waals surface area contributed by atoms with Crippen molar-refractivity contribution in [2.24, 2.45) is 0 Å². The van der Waals surface area contributed by atoms with Crippen molar-refractivity contribution < 1.29 is 0 Å². The lowest BCUT2D eigenvalue weighted by Gasteiger charge is -2.29. The Morgan fingerprint density at radius 3 is 2.68 bits per heavy atom. The summed E-state index contributed by atoms with van der Waals surface area (Å²) in [4.78, 5) is 16.6. The molecule has 5 rings (SSSR count). The first kappa shape index (κ1) is 19.7. The first-order valence-electron chi connectivity index (χ1n) is 10.9. The molecule has 0 amide bonds. The van der Waals surface area contributed by atoms with E-state index in [4.69, 9.17) is 20.8 Å². The van der Waals surface area contributed by atoms with Gasteiger partial charge in [-0.25, -0.2) is 15.0 Å². The predicted octanol–water partition coefficient (Wildman–Crippen LogP) is 3.53. The largest absolute Gasteiger partial charge is 0.382 e. The average molecular weight is 417 g/mol. The van der Waals surface area contributed by atoms with Crippen molar-refractivity contribution in [3.05, 3.63) is 42.4 Å². The average Bonchev–Trinajstić information content (AvgIpc) is 3.35. The highest BCUT2D eigenvalue weighted by molar-refractivity contribution is 5.82. The van der Waals surface area contributed by atoms with E-state index < -0.39 is 0 Å². The number of hydrogen-bond acceptors (Lipinski definition) is 6. The molecule has 0 atom stereocenters. The Morgan fingerprint density at radius 2 is 1.90 bits per heavy atom. The summed E-state index contributed by atoms with van der Waals surface area (Å²) in [5.74, 6) is 1.13. The van der Waals surface area contributed by atoms with E-state index in [1.54, 1.807) is 6.20 Å². The smallest absolute Gasteiger partial charge is 0.163 e. The van der Waals surface area contributed by atoms with E-state index in [9.17, 15) is 0 Å². The molecule has 0 unspecified atom stereocenters. The molecular weight excluding hydrogens is 388 g/mol. The zero-order valence-corrected chi connectivity index (χ0v) is 18.3. The van der Waals surface area contributed by atoms with Gasteiger partial charge in [-0.05, 0) is 59.0 Å². The molecule has 4 aromatic rings. The van der Waals surface area contributed by atoms with E-state index in [0.717, 1.165) is 66.3 Å². The van der Waals surface area contributed by atoms with Crippen LogP contribution in [0.3, 0.4) is 0 Å². The van der Waals surface area contributed by atoms with Crippen LogP contribution in [0.1, 0.15) is 31.5 Å². The number of imidazole rings is 1. The quantitative estimate of drug-likeness (QED) is 0.547. The molecular formula is C23H28N8. The fourth-order valence-electron chi connectivity index (χ4n) is 4.45. The fraction of sp³-hybridized carbons (Fsp3) is 0.391. The van der Waals surface area contributed by atoms with Gasteiger partial charge in [-0.3, -0.25) is 4.68 Å². The van der Waals surface area contributed by atoms with Gasteiger partial charge in [0.15, 0.2) is 11.6 Å². The zero-order valence-electron chi connectivity index (χ0n) is 18.3. The highest BCUT2D eigenvalue weighted by Gasteiger charge is 2.22. The van der Waals surface area contributed by atoms with Crippen molar-refractivity contribution in [3.63, 3.8) is 0 Å². The van der Waals surface area contributed by atoms with E-state index in [-0.39, 0.29) is 0 Å². The van der Waals surface area contributed by atoms with Gasteiger partial charge >= 0.3 is 0 Å². The van der Waals surface area contributed by atoms with Crippen LogP contribution in [0.25, 0.3) is 33.8 Å². The monoisotopic (exact) mass is 416 g/mol. The molecule has 31 heavy (non-hydrogen) atoms. The number of nitrogen functional groups attached to an aromatic ring is 1. The number of aryl methyl sites for hydroxylation is 2. The zero-order chi connectivity index (χ0) is 21.5. The van der Waals surface area contributed by atoms with E-state index in [1.165, 1.54) is 0 Å². The number of piperidine rings is 1. The van der Waals surface area contributed by atoms with Crippen LogP contribution in [0.4, 0.5) is 5.82 Å². The van der Waals surface area contributed by atoms with Crippen LogP contribution in [-0.4, -0.2) is 54.3 Å². The summed E-state index contributed by atoms with van der Waals surface area (Å²) in [6, 6.07) is 8.51. The highest BCUT2D eigenvalue weighted by Crippen LogP contribution is 2.31. The molecule has 0 saturated carbocycles. The molecule has 4 heterocycles. The number of rotatable bonds is 4. The number of anilines is 1. The van der Waals surface area contributed by atoms with E-state index in [2.05, 4.69) is 45.4 Å². The van der Waals surface area contributed by atoms with Crippen LogP contribution < -0.4 is 5.73 Å². The number of nitrogens with zero attached hydrogens (tertiary/aromatic N) is 7. The summed E-state index contributed by atoms with van der Waals surface area (Å²) in [6.45, 7) is 7.09. The van der Waals surface area contributed by atoms with Gasteiger partial charge in [0.2, 0.25) is 0 Å². The summed E-state index contributed by atoms with van der Waals surface area (Å²) >= 11 is 0. The van der Waals surface area contributed by atoms with Crippen molar-refractivity contribution in [1.29, 1.82) is 0 Å². The second kappa shape index (κ2) is 7.77. The Kier molecular flexibility index (Phi) is 4.94. The first-order valence-corrected chi connectivity index (χ1v) is 10.9. The number of para-hydroxylation sites is 2. The molecule has 3 aromatic heterocycles. The molecule has 0 spiro atoms. The van der Waals surface area contributed by atoms with Crippen LogP contribution in [0.15, 0.2) is 36.7 Å². The number of hydrogen-bond donors (Lipinski definition) is 1. The van der Waals surface area contributed by atoms with Crippen molar-refractivity contribution in [2.45, 2.75) is 39.3 Å². The lowest BCUT2D eigenvalue weighted by molar-refractivity contribution is 0.212. The maximum Gasteiger partial charge on any atom is 0.163 e. The topological polar surface area (TPSA) is 90.7 Å². The third kappa shape index (κ3) is 3.46. The number of likely N-dealkylation sites (tertiary alicyclic amines) is 1. The third-order valence-corrected chi connectivity index (χ3v) is 6.24. The van der Waals surface area contributed by atoms with Crippen LogP contribution in [0.5, 0.6) is 0 Å². The van der Waals surface area contributed by atoms with Crippen LogP contribution in [0, 0.1) is 6.92 Å². The van der Waals surface area contributed by atoms with E-state index in [1.807, 2.05) is 25.1 Å². The molecule has 1 aliphatic rings. The molecule has 2 N–H and O–H groups in total. The fourth-order valence-corrected chi connectivity index (χ4v) is 4.45. The van der Waals surface area contributed by atoms with E-state index in [0.29, 0.717) is 17.6 Å². The lowest BCUT2D eigenvalue weighted by Crippen LogP contribution is -2.31. The normalized spacial score (nSPS) is 15.7. The van der Waals surface area contributed by atoms with E-state index >= 15 is 0 Å². The number of fused-ring (bicyclic) bond motifs is 1. The second-order valence-electron chi connectivity index (χ2n) is 8.30. The molecule has 0 radical (unpaired) electrons. The van der Waals surface area contributed by atoms with Crippen molar-refractivity contribution in [2.75, 3.05) is 25.9 Å². The van der Waals surface area contributed by atoms with Gasteiger partial charge in [0.25, 0.3) is 0 Å². The number of aromatic nitrogens is 6. The minimum Gasteiger partial charge on any atom is -0.382 e. The van der Waals surface area contributed by atoms with Gasteiger partial charge in [-0.2, -0.15) is 5.10 Å². The Balaban J connectivity index is 1.56. The summed E-state index contributed by atoms with van der Waals surface area (Å²) in [7, 11) is 2.17. The number of benzene rings is 1. The van der Waals surface area contributed by atoms with Gasteiger partial charge in [-0.15, -0.1) is 0 Å². The Morgan fingerprint density at radius 1 is 1.13 bits per heavy atom. The SMILES string of the molecule is CCn1c(-c2nc(-c3cn(C4CCN(C)CC4)nc3C)cnc2N)nc2ccccc21. The second-order valence-corrected chi connectivity index (χ2v) is 8.30. The molecule has 8 heteroatoms. The summed E-state index contributed by atoms with van der Waals surface area (Å²) in [6.07, 6.45) is 6.06. The van der Waals surface area contributed by atoms with Gasteiger partial charge < -0.3 is 15.2 Å². The molecule has 8 nitrogen and oxygen atoms in total. The summed E-state index contributed by atoms with van der Waals surface area (Å²) in [5, 5.41) is 4.81. The van der Waals surface area contributed by atoms with Crippen molar-refractivity contribution in [3.8, 4) is 22.8 Å². The van der Waals surface area contributed by atoms with Gasteiger partial charge in [0, 0.05) is 18.3 Å². The summed E-state index contributed by atoms with van der Waals surface area (Å²) in [5.41, 5.74) is 11.6. The molecule has 1 fully saturated rings. The lowest BCUT2D eigenvalue weighted by atomic mass is 10.1. The maximum atomic E-state index is 6.27. The number of nitrogens with two attached hydrogens (primary N) is 1. The van der Waals surface area contributed by atoms with Crippen molar-refractivity contribution >= 4 is 16.9 Å². The molecule has 1 aromatic carbocycles. The standard InChI is InChI=1S/C23H28N8/c1-4-30-20-8-6-5-7-18(20)27-23(30)21-22(24)25-13-19(26-21)17-14-31(28-15(17)2)16-9-11-29(3)12-10-16/h5-8,13-14,16H,4,9-12H2,1-3H3,(H2,24,25). The van der Waals surface area contributed by atoms with Crippen LogP contribution in [-0.2, 0) is 6.54 Å². The minimum absolute atomic E-state index is 0.383. The first-order chi connectivity index (χ1) is 15.0. The molecule has 0 bridgehead atoms. The maximum absolute atomic E-state index is 6.27. The van der Waals surface area contributed by atoms with Crippen LogP contribution >= 0.6 is 0 Å². The van der Waals surface area contributed by atoms with Crippen LogP contribution in [0.2, 0.25) is 0 Å². The molecule has 1 saturated heterocycles. The Hall–Kier alpha value is -3.26. The minimum atomic E-state index is 0.383. The van der Waals surface area contributed by atoms with Gasteiger partial charge in [0.1, 0.15) is 5.69 Å². The van der Waals surface area contributed by atoms with Crippen molar-refractivity contribution in [1.82, 2.24) is 34.2 Å². The van der Waals surface area contributed by atoms with Gasteiger partial charge in [0.05, 0.1) is 34.7 Å².